The van der Waals surface area contributed by atoms with Crippen LogP contribution in [-0.2, 0) is 11.8 Å². The van der Waals surface area contributed by atoms with Gasteiger partial charge in [0.1, 0.15) is 5.75 Å². The molecule has 1 aliphatic rings. The summed E-state index contributed by atoms with van der Waals surface area (Å²) in [5.74, 6) is -5.06. The molecule has 266 valence electrons. The van der Waals surface area contributed by atoms with E-state index in [2.05, 4.69) is 20.7 Å². The van der Waals surface area contributed by atoms with Gasteiger partial charge in [-0.1, -0.05) is 6.07 Å². The Hall–Kier alpha value is -4.10. The fourth-order valence-electron chi connectivity index (χ4n) is 4.53. The highest BCUT2D eigenvalue weighted by molar-refractivity contribution is 9.10. The van der Waals surface area contributed by atoms with Gasteiger partial charge in [0.25, 0.3) is 11.8 Å². The number of ether oxygens (including phenoxy) is 1. The molecule has 0 radical (unpaired) electrons. The van der Waals surface area contributed by atoms with E-state index in [-0.39, 0.29) is 24.1 Å². The Kier molecular flexibility index (Phi) is 9.99. The lowest BCUT2D eigenvalue weighted by Crippen LogP contribution is -2.50. The molecule has 0 heterocycles. The number of nitrogens with zero attached hydrogens (tertiary/aromatic N) is 1. The first-order valence-corrected chi connectivity index (χ1v) is 14.2. The molecule has 0 aromatic heterocycles. The van der Waals surface area contributed by atoms with Crippen LogP contribution in [0.5, 0.6) is 5.75 Å². The average Bonchev–Trinajstić information content (AvgIpc) is 3.78. The number of amides is 2. The Morgan fingerprint density at radius 1 is 0.837 bits per heavy atom. The summed E-state index contributed by atoms with van der Waals surface area (Å²) in [5, 5.41) is 1.56. The van der Waals surface area contributed by atoms with E-state index in [9.17, 15) is 66.7 Å². The second kappa shape index (κ2) is 13.0. The number of carbonyl (C=O) groups is 2. The molecule has 0 bridgehead atoms. The molecule has 2 amide bonds. The molecule has 4 rings (SSSR count). The van der Waals surface area contributed by atoms with Crippen LogP contribution in [0.15, 0.2) is 59.1 Å². The summed E-state index contributed by atoms with van der Waals surface area (Å²) in [6.07, 6.45) is -23.2. The number of halogens is 15. The van der Waals surface area contributed by atoms with Gasteiger partial charge in [-0.15, -0.1) is 13.2 Å². The summed E-state index contributed by atoms with van der Waals surface area (Å²) in [6.45, 7) is -0.170. The van der Waals surface area contributed by atoms with Crippen LogP contribution in [0, 0.1) is 11.7 Å². The SMILES string of the molecule is O=C(Nc1c(Br)cc(C(F)(C(F)(F)F)C(F)(F)F)cc1C(F)(F)F)c1cccc(N(CC2CC2)C(=O)c2ccc(OC(F)(F)F)cc2)c1F. The summed E-state index contributed by atoms with van der Waals surface area (Å²) in [4.78, 5) is 27.3. The van der Waals surface area contributed by atoms with E-state index < -0.39 is 92.5 Å². The second-order valence-corrected chi connectivity index (χ2v) is 11.4. The molecule has 3 aromatic rings. The average molecular weight is 787 g/mol. The summed E-state index contributed by atoms with van der Waals surface area (Å²) in [7, 11) is 0. The number of hydrogen-bond acceptors (Lipinski definition) is 3. The van der Waals surface area contributed by atoms with Crippen LogP contribution in [0.3, 0.4) is 0 Å². The topological polar surface area (TPSA) is 58.6 Å². The van der Waals surface area contributed by atoms with Crippen molar-refractivity contribution in [2.24, 2.45) is 5.92 Å². The van der Waals surface area contributed by atoms with E-state index in [1.54, 1.807) is 5.32 Å². The van der Waals surface area contributed by atoms with Crippen molar-refractivity contribution >= 4 is 39.1 Å². The molecule has 3 aromatic carbocycles. The van der Waals surface area contributed by atoms with Crippen molar-refractivity contribution in [3.05, 3.63) is 87.1 Å². The van der Waals surface area contributed by atoms with Gasteiger partial charge in [-0.2, -0.15) is 39.5 Å². The second-order valence-electron chi connectivity index (χ2n) is 10.6. The standard InChI is InChI=1S/C29H17BrF14N2O3/c30-19-11-15(25(32,27(36,37)38)28(39,40)41)10-18(26(33,34)35)22(19)45-23(47)17-2-1-3-20(21(17)31)46(12-13-4-5-13)24(48)14-6-8-16(9-7-14)49-29(42,43)44/h1-3,6-11,13H,4-5,12H2,(H,45,47). The molecule has 0 atom stereocenters. The lowest BCUT2D eigenvalue weighted by atomic mass is 9.92. The van der Waals surface area contributed by atoms with Crippen LogP contribution in [0.2, 0.25) is 0 Å². The van der Waals surface area contributed by atoms with Gasteiger partial charge in [-0.05, 0) is 83.2 Å². The third kappa shape index (κ3) is 8.04. The van der Waals surface area contributed by atoms with Crippen molar-refractivity contribution in [2.45, 2.75) is 43.4 Å². The van der Waals surface area contributed by atoms with Gasteiger partial charge in [0, 0.05) is 22.1 Å². The number of anilines is 2. The summed E-state index contributed by atoms with van der Waals surface area (Å²) in [5.41, 5.74) is -14.6. The molecule has 1 saturated carbocycles. The van der Waals surface area contributed by atoms with E-state index in [4.69, 9.17) is 0 Å². The Balaban J connectivity index is 1.73. The highest BCUT2D eigenvalue weighted by Gasteiger charge is 2.73. The monoisotopic (exact) mass is 786 g/mol. The number of hydrogen-bond donors (Lipinski definition) is 1. The number of benzene rings is 3. The fraction of sp³-hybridized carbons (Fsp3) is 0.310. The zero-order valence-electron chi connectivity index (χ0n) is 23.7. The zero-order chi connectivity index (χ0) is 36.9. The van der Waals surface area contributed by atoms with Crippen LogP contribution in [0.25, 0.3) is 0 Å². The first-order valence-electron chi connectivity index (χ1n) is 13.4. The van der Waals surface area contributed by atoms with E-state index in [0.29, 0.717) is 12.8 Å². The van der Waals surface area contributed by atoms with Gasteiger partial charge in [0.15, 0.2) is 5.82 Å². The quantitative estimate of drug-likeness (QED) is 0.232. The molecule has 0 spiro atoms. The Morgan fingerprint density at radius 3 is 1.90 bits per heavy atom. The van der Waals surface area contributed by atoms with Crippen molar-refractivity contribution in [3.63, 3.8) is 0 Å². The van der Waals surface area contributed by atoms with Gasteiger partial charge >= 0.3 is 30.6 Å². The maximum Gasteiger partial charge on any atom is 0.573 e. The Labute approximate surface area is 273 Å². The molecule has 5 nitrogen and oxygen atoms in total. The third-order valence-electron chi connectivity index (χ3n) is 7.04. The zero-order valence-corrected chi connectivity index (χ0v) is 25.3. The number of carbonyl (C=O) groups excluding carboxylic acids is 2. The van der Waals surface area contributed by atoms with Gasteiger partial charge in [-0.3, -0.25) is 9.59 Å². The number of nitrogens with one attached hydrogen (secondary N) is 1. The molecule has 1 aliphatic carbocycles. The Morgan fingerprint density at radius 2 is 1.41 bits per heavy atom. The minimum atomic E-state index is -6.77. The number of alkyl halides is 13. The molecule has 0 saturated heterocycles. The van der Waals surface area contributed by atoms with Crippen molar-refractivity contribution in [2.75, 3.05) is 16.8 Å². The van der Waals surface area contributed by atoms with Gasteiger partial charge in [0.2, 0.25) is 0 Å². The molecule has 49 heavy (non-hydrogen) atoms. The molecule has 0 aliphatic heterocycles. The molecule has 0 unspecified atom stereocenters. The largest absolute Gasteiger partial charge is 0.573 e. The van der Waals surface area contributed by atoms with Crippen molar-refractivity contribution in [3.8, 4) is 5.75 Å². The van der Waals surface area contributed by atoms with Crippen molar-refractivity contribution in [1.29, 1.82) is 0 Å². The van der Waals surface area contributed by atoms with Gasteiger partial charge in [0.05, 0.1) is 22.5 Å². The van der Waals surface area contributed by atoms with Crippen LogP contribution < -0.4 is 15.0 Å². The van der Waals surface area contributed by atoms with Crippen LogP contribution in [-0.4, -0.2) is 37.1 Å². The van der Waals surface area contributed by atoms with Crippen LogP contribution in [0.4, 0.5) is 72.8 Å². The maximum absolute atomic E-state index is 15.9. The number of rotatable bonds is 8. The molecular weight excluding hydrogens is 770 g/mol. The molecule has 20 heteroatoms. The summed E-state index contributed by atoms with van der Waals surface area (Å²) < 4.78 is 192. The predicted molar refractivity (Wildman–Crippen MR) is 146 cm³/mol. The van der Waals surface area contributed by atoms with Crippen molar-refractivity contribution < 1.29 is 75.8 Å². The highest BCUT2D eigenvalue weighted by Crippen LogP contribution is 2.55. The van der Waals surface area contributed by atoms with E-state index >= 15 is 4.39 Å². The third-order valence-corrected chi connectivity index (χ3v) is 7.67. The summed E-state index contributed by atoms with van der Waals surface area (Å²) >= 11 is 2.34. The summed E-state index contributed by atoms with van der Waals surface area (Å²) in [6, 6.07) is 5.11. The minimum absolute atomic E-state index is 0.170. The van der Waals surface area contributed by atoms with E-state index in [1.807, 2.05) is 0 Å². The maximum atomic E-state index is 15.9. The minimum Gasteiger partial charge on any atom is -0.406 e. The molecule has 1 fully saturated rings. The lowest BCUT2D eigenvalue weighted by Gasteiger charge is -2.31. The van der Waals surface area contributed by atoms with Crippen LogP contribution >= 0.6 is 15.9 Å². The van der Waals surface area contributed by atoms with Gasteiger partial charge in [-0.25, -0.2) is 8.78 Å². The van der Waals surface area contributed by atoms with E-state index in [0.717, 1.165) is 47.4 Å². The van der Waals surface area contributed by atoms with Gasteiger partial charge < -0.3 is 15.0 Å². The highest BCUT2D eigenvalue weighted by atomic mass is 79.9. The van der Waals surface area contributed by atoms with Crippen molar-refractivity contribution in [1.82, 2.24) is 0 Å². The Bertz CT molecular complexity index is 1720. The molecular formula is C29H17BrF14N2O3. The van der Waals surface area contributed by atoms with E-state index in [1.165, 1.54) is 0 Å². The predicted octanol–water partition coefficient (Wildman–Crippen LogP) is 10.1. The first-order chi connectivity index (χ1) is 22.3. The normalized spacial score (nSPS) is 14.4. The fourth-order valence-corrected chi connectivity index (χ4v) is 5.09. The van der Waals surface area contributed by atoms with Crippen LogP contribution in [0.1, 0.15) is 44.7 Å². The molecule has 1 N–H and O–H groups in total. The smallest absolute Gasteiger partial charge is 0.406 e. The first kappa shape index (κ1) is 37.7. The lowest BCUT2D eigenvalue weighted by molar-refractivity contribution is -0.348.